The van der Waals surface area contributed by atoms with Crippen LogP contribution in [0.2, 0.25) is 0 Å². The van der Waals surface area contributed by atoms with Crippen LogP contribution in [0.4, 0.5) is 0 Å². The number of aromatic hydroxyl groups is 1. The van der Waals surface area contributed by atoms with Crippen LogP contribution in [0, 0.1) is 0 Å². The SMILES string of the molecule is C1CO1.CC(C)(c1ccc(O)cc1)c1ccc(OCC2CO2)cc1. The summed E-state index contributed by atoms with van der Waals surface area (Å²) in [5.74, 6) is 1.16. The highest BCUT2D eigenvalue weighted by molar-refractivity contribution is 5.41. The highest BCUT2D eigenvalue weighted by Crippen LogP contribution is 2.33. The summed E-state index contributed by atoms with van der Waals surface area (Å²) in [5, 5.41) is 9.41. The molecule has 1 unspecified atom stereocenters. The van der Waals surface area contributed by atoms with Gasteiger partial charge >= 0.3 is 0 Å². The fraction of sp³-hybridized carbons (Fsp3) is 0.400. The lowest BCUT2D eigenvalue weighted by molar-refractivity contribution is 0.263. The van der Waals surface area contributed by atoms with Crippen molar-refractivity contribution in [2.45, 2.75) is 25.4 Å². The third-order valence-corrected chi connectivity index (χ3v) is 4.21. The highest BCUT2D eigenvalue weighted by Gasteiger charge is 2.24. The Morgan fingerprint density at radius 1 is 1.00 bits per heavy atom. The van der Waals surface area contributed by atoms with Gasteiger partial charge in [0.1, 0.15) is 24.2 Å². The number of phenolic OH excluding ortho intramolecular Hbond substituents is 1. The number of hydrogen-bond donors (Lipinski definition) is 1. The van der Waals surface area contributed by atoms with Gasteiger partial charge in [0.05, 0.1) is 19.8 Å². The normalized spacial score (nSPS) is 18.3. The number of epoxide rings is 2. The molecule has 2 aliphatic rings. The van der Waals surface area contributed by atoms with Crippen LogP contribution in [0.3, 0.4) is 0 Å². The monoisotopic (exact) mass is 328 g/mol. The highest BCUT2D eigenvalue weighted by atomic mass is 16.6. The van der Waals surface area contributed by atoms with Crippen LogP contribution in [-0.4, -0.2) is 37.6 Å². The van der Waals surface area contributed by atoms with E-state index in [2.05, 4.69) is 30.7 Å². The first-order chi connectivity index (χ1) is 11.6. The number of hydrogen-bond acceptors (Lipinski definition) is 4. The van der Waals surface area contributed by atoms with E-state index in [9.17, 15) is 5.11 Å². The predicted molar refractivity (Wildman–Crippen MR) is 92.7 cm³/mol. The van der Waals surface area contributed by atoms with E-state index in [0.717, 1.165) is 25.6 Å². The van der Waals surface area contributed by atoms with Crippen molar-refractivity contribution in [3.8, 4) is 11.5 Å². The number of benzene rings is 2. The van der Waals surface area contributed by atoms with Gasteiger partial charge in [0.15, 0.2) is 0 Å². The maximum Gasteiger partial charge on any atom is 0.119 e. The molecule has 2 saturated heterocycles. The van der Waals surface area contributed by atoms with E-state index >= 15 is 0 Å². The minimum absolute atomic E-state index is 0.119. The van der Waals surface area contributed by atoms with E-state index in [4.69, 9.17) is 9.47 Å². The van der Waals surface area contributed by atoms with E-state index in [1.807, 2.05) is 24.3 Å². The minimum atomic E-state index is -0.119. The molecule has 2 fully saturated rings. The van der Waals surface area contributed by atoms with Gasteiger partial charge in [-0.15, -0.1) is 0 Å². The molecule has 2 heterocycles. The minimum Gasteiger partial charge on any atom is -0.508 e. The summed E-state index contributed by atoms with van der Waals surface area (Å²) in [6.45, 7) is 7.78. The maximum absolute atomic E-state index is 9.41. The molecule has 0 aliphatic carbocycles. The van der Waals surface area contributed by atoms with E-state index in [1.165, 1.54) is 11.1 Å². The molecule has 0 bridgehead atoms. The standard InChI is InChI=1S/C18H20O3.C2H4O/c1-18(2,13-3-7-15(19)8-4-13)14-5-9-16(10-6-14)20-11-17-12-21-17;1-2-3-1/h3-10,17,19H,11-12H2,1-2H3;1-2H2. The lowest BCUT2D eigenvalue weighted by Crippen LogP contribution is -2.18. The molecule has 0 radical (unpaired) electrons. The summed E-state index contributed by atoms with van der Waals surface area (Å²) in [7, 11) is 0. The summed E-state index contributed by atoms with van der Waals surface area (Å²) < 4.78 is 15.3. The molecular weight excluding hydrogens is 304 g/mol. The Morgan fingerprint density at radius 2 is 1.50 bits per heavy atom. The van der Waals surface area contributed by atoms with Gasteiger partial charge < -0.3 is 19.3 Å². The van der Waals surface area contributed by atoms with Gasteiger partial charge in [-0.25, -0.2) is 0 Å². The zero-order valence-electron chi connectivity index (χ0n) is 14.2. The Morgan fingerprint density at radius 3 is 1.96 bits per heavy atom. The molecule has 2 aromatic carbocycles. The number of rotatable bonds is 5. The summed E-state index contributed by atoms with van der Waals surface area (Å²) >= 11 is 0. The largest absolute Gasteiger partial charge is 0.508 e. The Hall–Kier alpha value is -2.04. The molecule has 128 valence electrons. The van der Waals surface area contributed by atoms with Crippen LogP contribution in [0.1, 0.15) is 25.0 Å². The average molecular weight is 328 g/mol. The van der Waals surface area contributed by atoms with Crippen molar-refractivity contribution >= 4 is 0 Å². The second-order valence-electron chi connectivity index (χ2n) is 6.57. The molecule has 0 saturated carbocycles. The van der Waals surface area contributed by atoms with Crippen LogP contribution in [-0.2, 0) is 14.9 Å². The molecule has 1 atom stereocenters. The number of ether oxygens (including phenoxy) is 3. The first-order valence-electron chi connectivity index (χ1n) is 8.28. The van der Waals surface area contributed by atoms with Crippen molar-refractivity contribution < 1.29 is 19.3 Å². The molecule has 2 aromatic rings. The lowest BCUT2D eigenvalue weighted by Gasteiger charge is -2.26. The topological polar surface area (TPSA) is 54.5 Å². The van der Waals surface area contributed by atoms with Crippen LogP contribution in [0.25, 0.3) is 0 Å². The van der Waals surface area contributed by atoms with Crippen molar-refractivity contribution in [3.63, 3.8) is 0 Å². The van der Waals surface area contributed by atoms with Crippen molar-refractivity contribution in [1.82, 2.24) is 0 Å². The summed E-state index contributed by atoms with van der Waals surface area (Å²) in [4.78, 5) is 0. The van der Waals surface area contributed by atoms with Gasteiger partial charge in [-0.1, -0.05) is 38.1 Å². The fourth-order valence-corrected chi connectivity index (χ4v) is 2.37. The maximum atomic E-state index is 9.41. The van der Waals surface area contributed by atoms with Crippen molar-refractivity contribution in [2.75, 3.05) is 26.4 Å². The molecule has 0 spiro atoms. The zero-order chi connectivity index (χ0) is 17.0. The van der Waals surface area contributed by atoms with Crippen molar-refractivity contribution in [3.05, 3.63) is 59.7 Å². The van der Waals surface area contributed by atoms with Crippen molar-refractivity contribution in [2.24, 2.45) is 0 Å². The molecule has 2 aliphatic heterocycles. The Kier molecular flexibility index (Phi) is 5.07. The van der Waals surface area contributed by atoms with Crippen LogP contribution < -0.4 is 4.74 Å². The summed E-state index contributed by atoms with van der Waals surface area (Å²) in [5.41, 5.74) is 2.26. The second-order valence-corrected chi connectivity index (χ2v) is 6.57. The molecule has 4 nitrogen and oxygen atoms in total. The second kappa shape index (κ2) is 7.24. The molecular formula is C20H24O4. The van der Waals surface area contributed by atoms with Crippen LogP contribution in [0.15, 0.2) is 48.5 Å². The molecule has 1 N–H and O–H groups in total. The Balaban J connectivity index is 0.000000508. The van der Waals surface area contributed by atoms with E-state index in [-0.39, 0.29) is 11.5 Å². The Bertz CT molecular complexity index is 638. The summed E-state index contributed by atoms with van der Waals surface area (Å²) in [6.07, 6.45) is 0.276. The predicted octanol–water partition coefficient (Wildman–Crippen LogP) is 3.51. The van der Waals surface area contributed by atoms with Crippen LogP contribution >= 0.6 is 0 Å². The summed E-state index contributed by atoms with van der Waals surface area (Å²) in [6, 6.07) is 15.6. The van der Waals surface area contributed by atoms with Gasteiger partial charge in [0.25, 0.3) is 0 Å². The van der Waals surface area contributed by atoms with Gasteiger partial charge in [-0.3, -0.25) is 0 Å². The molecule has 0 aromatic heterocycles. The van der Waals surface area contributed by atoms with E-state index < -0.39 is 0 Å². The van der Waals surface area contributed by atoms with Gasteiger partial charge in [-0.05, 0) is 35.4 Å². The van der Waals surface area contributed by atoms with Crippen LogP contribution in [0.5, 0.6) is 11.5 Å². The zero-order valence-corrected chi connectivity index (χ0v) is 14.2. The Labute approximate surface area is 143 Å². The number of phenols is 1. The lowest BCUT2D eigenvalue weighted by atomic mass is 9.78. The molecule has 4 heteroatoms. The third-order valence-electron chi connectivity index (χ3n) is 4.21. The van der Waals surface area contributed by atoms with Crippen molar-refractivity contribution in [1.29, 1.82) is 0 Å². The molecule has 24 heavy (non-hydrogen) atoms. The van der Waals surface area contributed by atoms with Gasteiger partial charge in [0, 0.05) is 5.41 Å². The third kappa shape index (κ3) is 4.73. The smallest absolute Gasteiger partial charge is 0.119 e. The van der Waals surface area contributed by atoms with Gasteiger partial charge in [0.2, 0.25) is 0 Å². The van der Waals surface area contributed by atoms with Gasteiger partial charge in [-0.2, -0.15) is 0 Å². The average Bonchev–Trinajstić information content (AvgIpc) is 3.47. The van der Waals surface area contributed by atoms with E-state index in [0.29, 0.717) is 12.4 Å². The first kappa shape index (κ1) is 16.8. The first-order valence-corrected chi connectivity index (χ1v) is 8.28. The van der Waals surface area contributed by atoms with E-state index in [1.54, 1.807) is 12.1 Å². The molecule has 4 rings (SSSR count). The quantitative estimate of drug-likeness (QED) is 0.853. The fourth-order valence-electron chi connectivity index (χ4n) is 2.37. The molecule has 0 amide bonds.